The van der Waals surface area contributed by atoms with Crippen molar-refractivity contribution in [3.8, 4) is 28.2 Å². The minimum Gasteiger partial charge on any atom is -0.291 e. The van der Waals surface area contributed by atoms with Crippen molar-refractivity contribution in [3.05, 3.63) is 75.1 Å². The summed E-state index contributed by atoms with van der Waals surface area (Å²) in [5.41, 5.74) is 3.12. The minimum atomic E-state index is -0.415. The van der Waals surface area contributed by atoms with Crippen molar-refractivity contribution in [1.82, 2.24) is 40.4 Å². The number of hydrogen-bond acceptors (Lipinski definition) is 6. The smallest absolute Gasteiger partial charge is 0.290 e. The number of aromatic nitrogens is 8. The molecule has 0 aliphatic rings. The molecule has 10 heteroatoms. The van der Waals surface area contributed by atoms with Crippen LogP contribution in [0.3, 0.4) is 0 Å². The summed E-state index contributed by atoms with van der Waals surface area (Å²) in [6.07, 6.45) is 2.53. The first-order chi connectivity index (χ1) is 15.7. The highest BCUT2D eigenvalue weighted by Crippen LogP contribution is 2.30. The lowest BCUT2D eigenvalue weighted by molar-refractivity contribution is 0.743. The van der Waals surface area contributed by atoms with Crippen LogP contribution in [0, 0.1) is 0 Å². The number of imidazole rings is 1. The summed E-state index contributed by atoms with van der Waals surface area (Å²) in [6.45, 7) is 2.09. The van der Waals surface area contributed by atoms with E-state index >= 15 is 0 Å². The fourth-order valence-corrected chi connectivity index (χ4v) is 3.84. The Morgan fingerprint density at radius 1 is 0.938 bits per heavy atom. The summed E-state index contributed by atoms with van der Waals surface area (Å²) in [6, 6.07) is 15.6. The maximum absolute atomic E-state index is 12.6. The van der Waals surface area contributed by atoms with Crippen molar-refractivity contribution >= 4 is 11.0 Å². The predicted molar refractivity (Wildman–Crippen MR) is 120 cm³/mol. The number of fused-ring (bicyclic) bond motifs is 1. The van der Waals surface area contributed by atoms with Gasteiger partial charge in [-0.25, -0.2) is 4.98 Å². The van der Waals surface area contributed by atoms with Crippen LogP contribution in [0.4, 0.5) is 0 Å². The van der Waals surface area contributed by atoms with Crippen LogP contribution in [0.25, 0.3) is 39.2 Å². The van der Waals surface area contributed by atoms with Gasteiger partial charge in [0, 0.05) is 17.7 Å². The van der Waals surface area contributed by atoms with Crippen LogP contribution in [0.2, 0.25) is 0 Å². The second-order valence-electron chi connectivity index (χ2n) is 7.40. The fraction of sp³-hybridized carbons (Fsp3) is 0.182. The maximum Gasteiger partial charge on any atom is 0.290 e. The number of H-pyrrole nitrogens is 3. The van der Waals surface area contributed by atoms with Gasteiger partial charge in [-0.15, -0.1) is 10.2 Å². The number of unbranched alkanes of at least 4 members (excludes halogenated alkanes) is 1. The minimum absolute atomic E-state index is 0.145. The number of benzene rings is 2. The number of nitrogens with zero attached hydrogens (tertiary/aromatic N) is 5. The summed E-state index contributed by atoms with van der Waals surface area (Å²) in [5.74, 6) is 1.20. The second-order valence-corrected chi connectivity index (χ2v) is 7.40. The van der Waals surface area contributed by atoms with Gasteiger partial charge < -0.3 is 0 Å². The Labute approximate surface area is 181 Å². The largest absolute Gasteiger partial charge is 0.291 e. The van der Waals surface area contributed by atoms with Crippen molar-refractivity contribution in [3.63, 3.8) is 0 Å². The van der Waals surface area contributed by atoms with E-state index in [1.807, 2.05) is 48.5 Å². The fourth-order valence-electron chi connectivity index (χ4n) is 3.84. The molecule has 0 bridgehead atoms. The van der Waals surface area contributed by atoms with Gasteiger partial charge in [0.25, 0.3) is 11.1 Å². The summed E-state index contributed by atoms with van der Waals surface area (Å²) >= 11 is 0. The van der Waals surface area contributed by atoms with Gasteiger partial charge in [0.2, 0.25) is 5.82 Å². The highest BCUT2D eigenvalue weighted by molar-refractivity contribution is 5.81. The van der Waals surface area contributed by atoms with E-state index in [9.17, 15) is 9.59 Å². The molecule has 10 nitrogen and oxygen atoms in total. The van der Waals surface area contributed by atoms with Gasteiger partial charge in [-0.2, -0.15) is 5.21 Å². The van der Waals surface area contributed by atoms with Crippen LogP contribution in [-0.4, -0.2) is 40.4 Å². The number of rotatable bonds is 6. The maximum atomic E-state index is 12.6. The third kappa shape index (κ3) is 3.31. The van der Waals surface area contributed by atoms with Gasteiger partial charge in [0.05, 0.1) is 0 Å². The Morgan fingerprint density at radius 2 is 1.69 bits per heavy atom. The van der Waals surface area contributed by atoms with Crippen LogP contribution in [0.5, 0.6) is 0 Å². The van der Waals surface area contributed by atoms with Crippen molar-refractivity contribution in [1.29, 1.82) is 0 Å². The molecule has 0 saturated heterocycles. The molecule has 2 aromatic carbocycles. The average Bonchev–Trinajstić information content (AvgIpc) is 3.49. The molecular formula is C22H20N8O2. The zero-order valence-corrected chi connectivity index (χ0v) is 17.3. The van der Waals surface area contributed by atoms with E-state index < -0.39 is 5.56 Å². The Hall–Kier alpha value is -4.34. The first kappa shape index (κ1) is 19.6. The summed E-state index contributed by atoms with van der Waals surface area (Å²) in [5, 5.41) is 19.1. The zero-order chi connectivity index (χ0) is 22.1. The molecular weight excluding hydrogens is 408 g/mol. The zero-order valence-electron chi connectivity index (χ0n) is 17.3. The van der Waals surface area contributed by atoms with Crippen LogP contribution in [0.1, 0.15) is 25.6 Å². The molecule has 0 spiro atoms. The van der Waals surface area contributed by atoms with E-state index in [0.29, 0.717) is 18.1 Å². The molecule has 0 fully saturated rings. The quantitative estimate of drug-likeness (QED) is 0.380. The molecule has 160 valence electrons. The lowest BCUT2D eigenvalue weighted by atomic mass is 9.99. The van der Waals surface area contributed by atoms with Gasteiger partial charge in [-0.05, 0) is 34.9 Å². The molecule has 3 N–H and O–H groups in total. The van der Waals surface area contributed by atoms with Gasteiger partial charge in [-0.3, -0.25) is 24.4 Å². The molecule has 3 aromatic heterocycles. The van der Waals surface area contributed by atoms with Gasteiger partial charge in [0.1, 0.15) is 11.3 Å². The molecule has 32 heavy (non-hydrogen) atoms. The molecule has 0 aliphatic carbocycles. The van der Waals surface area contributed by atoms with E-state index in [2.05, 4.69) is 42.7 Å². The Kier molecular flexibility index (Phi) is 4.94. The third-order valence-corrected chi connectivity index (χ3v) is 5.37. The van der Waals surface area contributed by atoms with Crippen LogP contribution in [-0.2, 0) is 6.42 Å². The average molecular weight is 428 g/mol. The predicted octanol–water partition coefficient (Wildman–Crippen LogP) is 2.59. The highest BCUT2D eigenvalue weighted by Gasteiger charge is 2.18. The van der Waals surface area contributed by atoms with Crippen molar-refractivity contribution in [2.75, 3.05) is 0 Å². The first-order valence-electron chi connectivity index (χ1n) is 10.3. The Bertz CT molecular complexity index is 1490. The van der Waals surface area contributed by atoms with E-state index in [1.165, 1.54) is 0 Å². The number of hydrogen-bond donors (Lipinski definition) is 3. The standard InChI is InChI=1S/C22H20N8O2/c1-2-3-8-17-23-18-19(22(32)27-26-21(18)31)30(17)14-11-9-13(10-12-14)15-6-4-5-7-16(15)20-24-28-29-25-20/h4-7,9-12H,2-3,8H2,1H3,(H,26,31)(H,27,32)(H,24,25,28,29). The van der Waals surface area contributed by atoms with Crippen molar-refractivity contribution < 1.29 is 0 Å². The normalized spacial score (nSPS) is 11.3. The molecule has 0 saturated carbocycles. The first-order valence-corrected chi connectivity index (χ1v) is 10.3. The van der Waals surface area contributed by atoms with E-state index in [0.717, 1.165) is 35.2 Å². The summed E-state index contributed by atoms with van der Waals surface area (Å²) in [4.78, 5) is 29.3. The molecule has 5 rings (SSSR count). The van der Waals surface area contributed by atoms with Crippen LogP contribution in [0.15, 0.2) is 58.1 Å². The SMILES string of the molecule is CCCCc1nc2c(=O)[nH][nH]c(=O)c2n1-c1ccc(-c2ccccc2-c2nn[nH]n2)cc1. The molecule has 0 unspecified atom stereocenters. The molecule has 3 heterocycles. The van der Waals surface area contributed by atoms with E-state index in [4.69, 9.17) is 0 Å². The molecule has 5 aromatic rings. The molecule has 0 atom stereocenters. The lowest BCUT2D eigenvalue weighted by Gasteiger charge is -2.11. The van der Waals surface area contributed by atoms with E-state index in [-0.39, 0.29) is 16.6 Å². The van der Waals surface area contributed by atoms with Crippen LogP contribution < -0.4 is 11.1 Å². The number of nitrogens with one attached hydrogen (secondary N) is 3. The lowest BCUT2D eigenvalue weighted by Crippen LogP contribution is -2.20. The Balaban J connectivity index is 1.64. The number of aromatic amines is 3. The summed E-state index contributed by atoms with van der Waals surface area (Å²) in [7, 11) is 0. The van der Waals surface area contributed by atoms with E-state index in [1.54, 1.807) is 4.57 Å². The molecule has 0 aliphatic heterocycles. The topological polar surface area (TPSA) is 138 Å². The van der Waals surface area contributed by atoms with Crippen molar-refractivity contribution in [2.45, 2.75) is 26.2 Å². The highest BCUT2D eigenvalue weighted by atomic mass is 16.1. The molecule has 0 amide bonds. The number of tetrazole rings is 1. The number of aryl methyl sites for hydroxylation is 1. The molecule has 0 radical (unpaired) electrons. The second kappa shape index (κ2) is 8.06. The van der Waals surface area contributed by atoms with Crippen molar-refractivity contribution in [2.24, 2.45) is 0 Å². The van der Waals surface area contributed by atoms with Gasteiger partial charge >= 0.3 is 0 Å². The van der Waals surface area contributed by atoms with Gasteiger partial charge in [-0.1, -0.05) is 49.7 Å². The van der Waals surface area contributed by atoms with Crippen LogP contribution >= 0.6 is 0 Å². The summed E-state index contributed by atoms with van der Waals surface area (Å²) < 4.78 is 1.77. The third-order valence-electron chi connectivity index (χ3n) is 5.37. The Morgan fingerprint density at radius 3 is 2.41 bits per heavy atom. The van der Waals surface area contributed by atoms with Gasteiger partial charge in [0.15, 0.2) is 5.52 Å². The monoisotopic (exact) mass is 428 g/mol.